The molecule has 1 aliphatic heterocycles. The molecule has 1 heterocycles. The van der Waals surface area contributed by atoms with Gasteiger partial charge in [0, 0.05) is 26.2 Å². The molecule has 0 bridgehead atoms. The fourth-order valence-electron chi connectivity index (χ4n) is 3.09. The minimum atomic E-state index is -0.361. The Morgan fingerprint density at radius 3 is 2.41 bits per heavy atom. The van der Waals surface area contributed by atoms with E-state index in [-0.39, 0.29) is 18.2 Å². The molecule has 0 spiro atoms. The zero-order valence-corrected chi connectivity index (χ0v) is 15.9. The van der Waals surface area contributed by atoms with Crippen molar-refractivity contribution >= 4 is 34.8 Å². The molecule has 2 aromatic carbocycles. The number of rotatable bonds is 5. The lowest BCUT2D eigenvalue weighted by atomic mass is 10.2. The van der Waals surface area contributed by atoms with Crippen LogP contribution in [-0.4, -0.2) is 50.0 Å². The Kier molecular flexibility index (Phi) is 6.19. The second-order valence-corrected chi connectivity index (χ2v) is 6.65. The van der Waals surface area contributed by atoms with Crippen LogP contribution >= 0.6 is 11.6 Å². The molecular formula is C20H22ClN3O3. The van der Waals surface area contributed by atoms with Crippen LogP contribution in [-0.2, 0) is 9.59 Å². The summed E-state index contributed by atoms with van der Waals surface area (Å²) < 4.78 is 5.41. The average Bonchev–Trinajstić information content (AvgIpc) is 2.69. The van der Waals surface area contributed by atoms with Crippen LogP contribution in [0.15, 0.2) is 48.5 Å². The van der Waals surface area contributed by atoms with Crippen LogP contribution in [0.5, 0.6) is 5.75 Å². The summed E-state index contributed by atoms with van der Waals surface area (Å²) in [4.78, 5) is 28.5. The van der Waals surface area contributed by atoms with Gasteiger partial charge in [0.2, 0.25) is 11.8 Å². The number of nitrogens with one attached hydrogen (secondary N) is 1. The maximum atomic E-state index is 12.4. The Balaban J connectivity index is 1.52. The van der Waals surface area contributed by atoms with E-state index in [1.165, 1.54) is 0 Å². The highest BCUT2D eigenvalue weighted by atomic mass is 35.5. The van der Waals surface area contributed by atoms with Crippen molar-refractivity contribution in [1.82, 2.24) is 4.90 Å². The summed E-state index contributed by atoms with van der Waals surface area (Å²) in [7, 11) is 1.65. The van der Waals surface area contributed by atoms with Crippen molar-refractivity contribution in [1.29, 1.82) is 0 Å². The Morgan fingerprint density at radius 2 is 1.70 bits per heavy atom. The van der Waals surface area contributed by atoms with Crippen LogP contribution in [0.4, 0.5) is 11.4 Å². The number of hydrogen-bond acceptors (Lipinski definition) is 4. The van der Waals surface area contributed by atoms with Gasteiger partial charge in [-0.05, 0) is 24.3 Å². The van der Waals surface area contributed by atoms with Crippen molar-refractivity contribution in [2.75, 3.05) is 43.5 Å². The first kappa shape index (κ1) is 19.0. The smallest absolute Gasteiger partial charge is 0.233 e. The minimum absolute atomic E-state index is 0.181. The number of methoxy groups -OCH3 is 1. The van der Waals surface area contributed by atoms with E-state index in [1.807, 2.05) is 24.3 Å². The normalized spacial score (nSPS) is 14.0. The van der Waals surface area contributed by atoms with Gasteiger partial charge in [-0.1, -0.05) is 35.9 Å². The number of halogens is 1. The first-order valence-electron chi connectivity index (χ1n) is 8.78. The predicted molar refractivity (Wildman–Crippen MR) is 106 cm³/mol. The molecule has 1 N–H and O–H groups in total. The molecule has 2 aromatic rings. The molecule has 142 valence electrons. The van der Waals surface area contributed by atoms with E-state index < -0.39 is 0 Å². The minimum Gasteiger partial charge on any atom is -0.495 e. The summed E-state index contributed by atoms with van der Waals surface area (Å²) in [6.07, 6.45) is -0.195. The van der Waals surface area contributed by atoms with Gasteiger partial charge in [-0.15, -0.1) is 0 Å². The lowest BCUT2D eigenvalue weighted by molar-refractivity contribution is -0.134. The zero-order valence-electron chi connectivity index (χ0n) is 15.2. The van der Waals surface area contributed by atoms with Crippen LogP contribution in [0.25, 0.3) is 0 Å². The van der Waals surface area contributed by atoms with Gasteiger partial charge in [0.15, 0.2) is 0 Å². The van der Waals surface area contributed by atoms with Gasteiger partial charge in [-0.25, -0.2) is 0 Å². The number of nitrogens with zero attached hydrogens (tertiary/aromatic N) is 2. The molecule has 3 rings (SSSR count). The van der Waals surface area contributed by atoms with Gasteiger partial charge in [-0.2, -0.15) is 0 Å². The van der Waals surface area contributed by atoms with Crippen LogP contribution in [0.2, 0.25) is 5.02 Å². The van der Waals surface area contributed by atoms with E-state index >= 15 is 0 Å². The quantitative estimate of drug-likeness (QED) is 0.801. The standard InChI is InChI=1S/C20H22ClN3O3/c1-27-18-9-5-4-8-17(18)23-10-12-24(13-11-23)20(26)14-19(25)22-16-7-3-2-6-15(16)21/h2-9H,10-14H2,1H3,(H,22,25). The number of carbonyl (C=O) groups is 2. The highest BCUT2D eigenvalue weighted by Gasteiger charge is 2.24. The first-order chi connectivity index (χ1) is 13.1. The molecule has 1 aliphatic rings. The van der Waals surface area contributed by atoms with E-state index in [0.717, 1.165) is 11.4 Å². The Hall–Kier alpha value is -2.73. The monoisotopic (exact) mass is 387 g/mol. The number of hydrogen-bond donors (Lipinski definition) is 1. The van der Waals surface area contributed by atoms with E-state index in [2.05, 4.69) is 10.2 Å². The third-order valence-corrected chi connectivity index (χ3v) is 4.85. The van der Waals surface area contributed by atoms with Crippen molar-refractivity contribution in [2.45, 2.75) is 6.42 Å². The lowest BCUT2D eigenvalue weighted by Crippen LogP contribution is -2.49. The predicted octanol–water partition coefficient (Wildman–Crippen LogP) is 3.03. The lowest BCUT2D eigenvalue weighted by Gasteiger charge is -2.36. The summed E-state index contributed by atoms with van der Waals surface area (Å²) in [5.74, 6) is 0.274. The van der Waals surface area contributed by atoms with Gasteiger partial charge in [0.25, 0.3) is 0 Å². The molecule has 0 radical (unpaired) electrons. The largest absolute Gasteiger partial charge is 0.495 e. The SMILES string of the molecule is COc1ccccc1N1CCN(C(=O)CC(=O)Nc2ccccc2Cl)CC1. The number of anilines is 2. The summed E-state index contributed by atoms with van der Waals surface area (Å²) in [5.41, 5.74) is 1.53. The van der Waals surface area contributed by atoms with Gasteiger partial charge in [0.05, 0.1) is 23.5 Å². The Morgan fingerprint density at radius 1 is 1.04 bits per heavy atom. The molecule has 0 aromatic heterocycles. The number of para-hydroxylation sites is 3. The molecule has 1 saturated heterocycles. The molecule has 2 amide bonds. The average molecular weight is 388 g/mol. The third kappa shape index (κ3) is 4.71. The summed E-state index contributed by atoms with van der Waals surface area (Å²) in [6, 6.07) is 14.8. The molecule has 0 unspecified atom stereocenters. The fourth-order valence-corrected chi connectivity index (χ4v) is 3.28. The maximum absolute atomic E-state index is 12.4. The number of benzene rings is 2. The molecule has 0 saturated carbocycles. The van der Waals surface area contributed by atoms with Gasteiger partial charge in [-0.3, -0.25) is 9.59 Å². The highest BCUT2D eigenvalue weighted by molar-refractivity contribution is 6.33. The topological polar surface area (TPSA) is 61.9 Å². The molecule has 1 fully saturated rings. The molecular weight excluding hydrogens is 366 g/mol. The number of ether oxygens (including phenoxy) is 1. The summed E-state index contributed by atoms with van der Waals surface area (Å²) in [6.45, 7) is 2.52. The molecule has 7 heteroatoms. The summed E-state index contributed by atoms with van der Waals surface area (Å²) in [5, 5.41) is 3.13. The van der Waals surface area contributed by atoms with Crippen molar-refractivity contribution in [2.24, 2.45) is 0 Å². The highest BCUT2D eigenvalue weighted by Crippen LogP contribution is 2.28. The van der Waals surface area contributed by atoms with Gasteiger partial charge >= 0.3 is 0 Å². The third-order valence-electron chi connectivity index (χ3n) is 4.52. The molecule has 27 heavy (non-hydrogen) atoms. The van der Waals surface area contributed by atoms with Crippen LogP contribution in [0.1, 0.15) is 6.42 Å². The van der Waals surface area contributed by atoms with Crippen molar-refractivity contribution < 1.29 is 14.3 Å². The van der Waals surface area contributed by atoms with Crippen molar-refractivity contribution in [3.05, 3.63) is 53.6 Å². The fraction of sp³-hybridized carbons (Fsp3) is 0.300. The van der Waals surface area contributed by atoms with E-state index in [4.69, 9.17) is 16.3 Å². The van der Waals surface area contributed by atoms with E-state index in [0.29, 0.717) is 36.9 Å². The Labute approximate surface area is 163 Å². The van der Waals surface area contributed by atoms with Crippen molar-refractivity contribution in [3.8, 4) is 5.75 Å². The van der Waals surface area contributed by atoms with E-state index in [1.54, 1.807) is 36.3 Å². The Bertz CT molecular complexity index is 820. The molecule has 0 atom stereocenters. The van der Waals surface area contributed by atoms with Crippen LogP contribution < -0.4 is 15.0 Å². The second-order valence-electron chi connectivity index (χ2n) is 6.24. The zero-order chi connectivity index (χ0) is 19.2. The van der Waals surface area contributed by atoms with E-state index in [9.17, 15) is 9.59 Å². The second kappa shape index (κ2) is 8.77. The first-order valence-corrected chi connectivity index (χ1v) is 9.16. The molecule has 6 nitrogen and oxygen atoms in total. The van der Waals surface area contributed by atoms with Crippen molar-refractivity contribution in [3.63, 3.8) is 0 Å². The number of carbonyl (C=O) groups excluding carboxylic acids is 2. The number of amides is 2. The summed E-state index contributed by atoms with van der Waals surface area (Å²) >= 11 is 6.03. The molecule has 0 aliphatic carbocycles. The maximum Gasteiger partial charge on any atom is 0.233 e. The number of piperazine rings is 1. The van der Waals surface area contributed by atoms with Gasteiger partial charge < -0.3 is 19.9 Å². The van der Waals surface area contributed by atoms with Crippen LogP contribution in [0, 0.1) is 0 Å². The van der Waals surface area contributed by atoms with Gasteiger partial charge in [0.1, 0.15) is 12.2 Å². The van der Waals surface area contributed by atoms with Crippen LogP contribution in [0.3, 0.4) is 0 Å².